The van der Waals surface area contributed by atoms with Gasteiger partial charge in [-0.05, 0) is 38.5 Å². The van der Waals surface area contributed by atoms with Crippen molar-refractivity contribution in [3.05, 3.63) is 12.2 Å². The Labute approximate surface area is 350 Å². The third-order valence-electron chi connectivity index (χ3n) is 12.1. The van der Waals surface area contributed by atoms with E-state index in [1.165, 1.54) is 218 Å². The molecular weight excluding hydrogens is 691 g/mol. The number of hydrogen-bond donors (Lipinski definition) is 4. The predicted molar refractivity (Wildman–Crippen MR) is 245 cm³/mol. The molecule has 0 bridgehead atoms. The number of carbonyl (C=O) groups excluding carboxylic acids is 1. The highest BCUT2D eigenvalue weighted by atomic mass is 16.3. The Hall–Kier alpha value is -0.910. The lowest BCUT2D eigenvalue weighted by Crippen LogP contribution is -2.50. The highest BCUT2D eigenvalue weighted by Crippen LogP contribution is 2.17. The quantitative estimate of drug-likeness (QED) is 0.0365. The van der Waals surface area contributed by atoms with Crippen molar-refractivity contribution >= 4 is 5.91 Å². The van der Waals surface area contributed by atoms with Gasteiger partial charge < -0.3 is 20.6 Å². The van der Waals surface area contributed by atoms with Crippen LogP contribution in [-0.2, 0) is 4.79 Å². The average molecular weight is 792 g/mol. The van der Waals surface area contributed by atoms with Crippen LogP contribution in [0.25, 0.3) is 0 Å². The number of aliphatic hydroxyl groups is 3. The van der Waals surface area contributed by atoms with Crippen molar-refractivity contribution in [1.82, 2.24) is 5.32 Å². The van der Waals surface area contributed by atoms with Crippen LogP contribution in [0.5, 0.6) is 0 Å². The lowest BCUT2D eigenvalue weighted by Gasteiger charge is -2.26. The largest absolute Gasteiger partial charge is 0.394 e. The van der Waals surface area contributed by atoms with E-state index in [0.717, 1.165) is 38.5 Å². The third-order valence-corrected chi connectivity index (χ3v) is 12.1. The maximum atomic E-state index is 12.4. The smallest absolute Gasteiger partial charge is 0.220 e. The zero-order valence-corrected chi connectivity index (χ0v) is 38.0. The molecule has 0 aromatic carbocycles. The van der Waals surface area contributed by atoms with Crippen molar-refractivity contribution in [2.75, 3.05) is 6.61 Å². The third kappa shape index (κ3) is 41.3. The molecule has 0 spiro atoms. The molecule has 0 rings (SSSR count). The van der Waals surface area contributed by atoms with E-state index >= 15 is 0 Å². The molecule has 5 nitrogen and oxygen atoms in total. The highest BCUT2D eigenvalue weighted by Gasteiger charge is 2.26. The van der Waals surface area contributed by atoms with Gasteiger partial charge in [0.25, 0.3) is 0 Å². The summed E-state index contributed by atoms with van der Waals surface area (Å²) >= 11 is 0. The predicted octanol–water partition coefficient (Wildman–Crippen LogP) is 15.2. The molecule has 334 valence electrons. The summed E-state index contributed by atoms with van der Waals surface area (Å²) in [5.41, 5.74) is 0. The molecule has 0 aliphatic carbocycles. The van der Waals surface area contributed by atoms with E-state index in [-0.39, 0.29) is 12.5 Å². The second-order valence-electron chi connectivity index (χ2n) is 17.7. The van der Waals surface area contributed by atoms with Gasteiger partial charge in [0.1, 0.15) is 6.10 Å². The van der Waals surface area contributed by atoms with Crippen LogP contribution in [0.3, 0.4) is 0 Å². The molecule has 0 aromatic heterocycles. The Morgan fingerprint density at radius 3 is 1.04 bits per heavy atom. The minimum Gasteiger partial charge on any atom is -0.394 e. The second kappa shape index (κ2) is 46.8. The summed E-state index contributed by atoms with van der Waals surface area (Å²) in [4.78, 5) is 12.4. The fourth-order valence-electron chi connectivity index (χ4n) is 8.16. The summed E-state index contributed by atoms with van der Waals surface area (Å²) in [6.45, 7) is 4.17. The number of amides is 1. The monoisotopic (exact) mass is 792 g/mol. The lowest BCUT2D eigenvalue weighted by atomic mass is 9.99. The van der Waals surface area contributed by atoms with Crippen molar-refractivity contribution in [1.29, 1.82) is 0 Å². The number of allylic oxidation sites excluding steroid dienone is 2. The molecule has 5 heteroatoms. The van der Waals surface area contributed by atoms with Crippen molar-refractivity contribution in [3.63, 3.8) is 0 Å². The van der Waals surface area contributed by atoms with Gasteiger partial charge in [-0.15, -0.1) is 0 Å². The maximum absolute atomic E-state index is 12.4. The van der Waals surface area contributed by atoms with Gasteiger partial charge in [0, 0.05) is 6.42 Å². The van der Waals surface area contributed by atoms with Gasteiger partial charge in [-0.2, -0.15) is 0 Å². The number of nitrogens with one attached hydrogen (secondary N) is 1. The molecule has 0 heterocycles. The molecule has 4 N–H and O–H groups in total. The molecule has 1 amide bonds. The molecule has 3 unspecified atom stereocenters. The van der Waals surface area contributed by atoms with Crippen LogP contribution in [0.2, 0.25) is 0 Å². The Morgan fingerprint density at radius 1 is 0.429 bits per heavy atom. The SMILES string of the molecule is CCCCCCCCCCCCCC/C=C\CCCCCCCCCCCCCCCCCCCC(=O)NC(CO)C(O)C(O)CCCCCCCCCCC. The van der Waals surface area contributed by atoms with E-state index in [1.54, 1.807) is 0 Å². The molecule has 0 saturated carbocycles. The van der Waals surface area contributed by atoms with Gasteiger partial charge in [0.2, 0.25) is 5.91 Å². The van der Waals surface area contributed by atoms with E-state index < -0.39 is 18.2 Å². The standard InChI is InChI=1S/C51H101NO4/c1-3-5-7-9-11-13-14-15-16-17-18-19-20-21-22-23-24-25-26-27-28-29-30-31-32-33-34-35-36-38-40-42-44-46-50(55)52-48(47-53)51(56)49(54)45-43-41-39-37-12-10-8-6-4-2/h21-22,48-49,51,53-54,56H,3-20,23-47H2,1-2H3,(H,52,55)/b22-21-. The summed E-state index contributed by atoms with van der Waals surface area (Å²) in [6, 6.07) is -0.803. The summed E-state index contributed by atoms with van der Waals surface area (Å²) < 4.78 is 0. The normalized spacial score (nSPS) is 13.4. The Bertz CT molecular complexity index is 788. The minimum absolute atomic E-state index is 0.142. The molecule has 56 heavy (non-hydrogen) atoms. The van der Waals surface area contributed by atoms with Gasteiger partial charge in [-0.1, -0.05) is 251 Å². The van der Waals surface area contributed by atoms with Gasteiger partial charge in [0.05, 0.1) is 18.8 Å². The average Bonchev–Trinajstić information content (AvgIpc) is 3.20. The van der Waals surface area contributed by atoms with Crippen molar-refractivity contribution in [3.8, 4) is 0 Å². The van der Waals surface area contributed by atoms with Crippen molar-refractivity contribution in [2.24, 2.45) is 0 Å². The summed E-state index contributed by atoms with van der Waals surface area (Å²) in [5, 5.41) is 33.4. The van der Waals surface area contributed by atoms with Crippen LogP contribution in [0.4, 0.5) is 0 Å². The molecule has 0 aliphatic heterocycles. The topological polar surface area (TPSA) is 89.8 Å². The number of carbonyl (C=O) groups is 1. The number of rotatable bonds is 47. The summed E-state index contributed by atoms with van der Waals surface area (Å²) in [7, 11) is 0. The Balaban J connectivity index is 3.42. The van der Waals surface area contributed by atoms with E-state index in [1.807, 2.05) is 0 Å². The molecule has 0 fully saturated rings. The summed E-state index contributed by atoms with van der Waals surface area (Å²) in [5.74, 6) is -0.142. The van der Waals surface area contributed by atoms with Gasteiger partial charge in [-0.25, -0.2) is 0 Å². The Kier molecular flexibility index (Phi) is 46.0. The first-order valence-electron chi connectivity index (χ1n) is 25.5. The number of unbranched alkanes of at least 4 members (excludes halogenated alkanes) is 37. The van der Waals surface area contributed by atoms with Gasteiger partial charge >= 0.3 is 0 Å². The first-order chi connectivity index (χ1) is 27.6. The molecule has 0 saturated heterocycles. The van der Waals surface area contributed by atoms with Gasteiger partial charge in [-0.3, -0.25) is 4.79 Å². The molecule has 3 atom stereocenters. The van der Waals surface area contributed by atoms with Crippen LogP contribution in [-0.4, -0.2) is 46.1 Å². The molecular formula is C51H101NO4. The summed E-state index contributed by atoms with van der Waals surface area (Å²) in [6.07, 6.45) is 56.6. The fraction of sp³-hybridized carbons (Fsp3) is 0.941. The van der Waals surface area contributed by atoms with Gasteiger partial charge in [0.15, 0.2) is 0 Å². The van der Waals surface area contributed by atoms with Crippen molar-refractivity contribution in [2.45, 2.75) is 302 Å². The van der Waals surface area contributed by atoms with E-state index in [9.17, 15) is 20.1 Å². The zero-order chi connectivity index (χ0) is 40.8. The Morgan fingerprint density at radius 2 is 0.714 bits per heavy atom. The number of aliphatic hydroxyl groups excluding tert-OH is 3. The van der Waals surface area contributed by atoms with Crippen molar-refractivity contribution < 1.29 is 20.1 Å². The fourth-order valence-corrected chi connectivity index (χ4v) is 8.16. The van der Waals surface area contributed by atoms with Crippen LogP contribution in [0.1, 0.15) is 284 Å². The zero-order valence-electron chi connectivity index (χ0n) is 38.0. The number of hydrogen-bond acceptors (Lipinski definition) is 4. The van der Waals surface area contributed by atoms with E-state index in [2.05, 4.69) is 31.3 Å². The first-order valence-corrected chi connectivity index (χ1v) is 25.5. The minimum atomic E-state index is -1.13. The van der Waals surface area contributed by atoms with E-state index in [4.69, 9.17) is 0 Å². The molecule has 0 radical (unpaired) electrons. The van der Waals surface area contributed by atoms with Crippen LogP contribution in [0.15, 0.2) is 12.2 Å². The van der Waals surface area contributed by atoms with E-state index in [0.29, 0.717) is 12.8 Å². The molecule has 0 aliphatic rings. The lowest BCUT2D eigenvalue weighted by molar-refractivity contribution is -0.124. The van der Waals surface area contributed by atoms with Crippen LogP contribution >= 0.6 is 0 Å². The highest BCUT2D eigenvalue weighted by molar-refractivity contribution is 5.76. The molecule has 0 aromatic rings. The second-order valence-corrected chi connectivity index (χ2v) is 17.7. The van der Waals surface area contributed by atoms with Crippen LogP contribution < -0.4 is 5.32 Å². The maximum Gasteiger partial charge on any atom is 0.220 e. The first kappa shape index (κ1) is 55.1. The van der Waals surface area contributed by atoms with Crippen LogP contribution in [0, 0.1) is 0 Å².